The molecule has 0 unspecified atom stereocenters. The van der Waals surface area contributed by atoms with Crippen LogP contribution in [0.3, 0.4) is 0 Å². The third kappa shape index (κ3) is 2.00. The number of hydrogen-bond acceptors (Lipinski definition) is 4. The summed E-state index contributed by atoms with van der Waals surface area (Å²) in [4.78, 5) is 0. The summed E-state index contributed by atoms with van der Waals surface area (Å²) in [5.41, 5.74) is 4.00. The fraction of sp³-hybridized carbons (Fsp3) is 0.190. The predicted octanol–water partition coefficient (Wildman–Crippen LogP) is 4.44. The molecule has 0 fully saturated rings. The quantitative estimate of drug-likeness (QED) is 0.708. The molecule has 2 aliphatic heterocycles. The van der Waals surface area contributed by atoms with Gasteiger partial charge in [0.2, 0.25) is 11.6 Å². The van der Waals surface area contributed by atoms with Crippen molar-refractivity contribution in [3.05, 3.63) is 77.2 Å². The third-order valence-electron chi connectivity index (χ3n) is 4.85. The van der Waals surface area contributed by atoms with Crippen molar-refractivity contribution in [1.29, 1.82) is 0 Å². The zero-order chi connectivity index (χ0) is 17.9. The number of benzene rings is 2. The van der Waals surface area contributed by atoms with E-state index in [0.717, 1.165) is 39.7 Å². The zero-order valence-electron chi connectivity index (χ0n) is 14.9. The summed E-state index contributed by atoms with van der Waals surface area (Å²) < 4.78 is 14.4. The Labute approximate surface area is 151 Å². The summed E-state index contributed by atoms with van der Waals surface area (Å²) in [6.45, 7) is 5.97. The van der Waals surface area contributed by atoms with Crippen LogP contribution in [0.15, 0.2) is 60.4 Å². The number of rotatable bonds is 1. The first-order valence-corrected chi connectivity index (χ1v) is 8.67. The van der Waals surface area contributed by atoms with Crippen molar-refractivity contribution in [2.75, 3.05) is 5.32 Å². The van der Waals surface area contributed by atoms with E-state index >= 15 is 0 Å². The first-order valence-electron chi connectivity index (χ1n) is 8.67. The lowest BCUT2D eigenvalue weighted by Crippen LogP contribution is -2.38. The Morgan fingerprint density at radius 3 is 2.58 bits per heavy atom. The number of ether oxygens (including phenoxy) is 2. The Morgan fingerprint density at radius 2 is 1.81 bits per heavy atom. The van der Waals surface area contributed by atoms with Gasteiger partial charge in [-0.2, -0.15) is 5.10 Å². The van der Waals surface area contributed by atoms with Crippen molar-refractivity contribution >= 4 is 5.69 Å². The number of aryl methyl sites for hydroxylation is 2. The van der Waals surface area contributed by atoms with Gasteiger partial charge in [0.25, 0.3) is 0 Å². The number of nitrogens with one attached hydrogen (secondary N) is 1. The van der Waals surface area contributed by atoms with Crippen LogP contribution in [0.1, 0.15) is 23.7 Å². The molecule has 2 aromatic carbocycles. The highest BCUT2D eigenvalue weighted by Gasteiger charge is 2.48. The molecule has 1 atom stereocenters. The maximum Gasteiger partial charge on any atom is 0.237 e. The van der Waals surface area contributed by atoms with E-state index in [1.165, 1.54) is 0 Å². The molecule has 1 aromatic heterocycles. The second-order valence-electron chi connectivity index (χ2n) is 6.78. The first-order chi connectivity index (χ1) is 12.6. The summed E-state index contributed by atoms with van der Waals surface area (Å²) in [7, 11) is 0. The molecular formula is C21H19N3O2. The molecule has 130 valence electrons. The van der Waals surface area contributed by atoms with E-state index in [0.29, 0.717) is 5.88 Å². The molecule has 0 radical (unpaired) electrons. The van der Waals surface area contributed by atoms with Crippen LogP contribution in [0.25, 0.3) is 5.69 Å². The van der Waals surface area contributed by atoms with Gasteiger partial charge in [0.05, 0.1) is 17.1 Å². The molecule has 3 aromatic rings. The normalized spacial score (nSPS) is 19.9. The van der Waals surface area contributed by atoms with Crippen LogP contribution < -0.4 is 14.8 Å². The maximum atomic E-state index is 6.47. The molecule has 26 heavy (non-hydrogen) atoms. The van der Waals surface area contributed by atoms with Crippen LogP contribution in [0, 0.1) is 13.8 Å². The summed E-state index contributed by atoms with van der Waals surface area (Å²) in [5, 5.41) is 8.29. The number of hydrogen-bond donors (Lipinski definition) is 1. The van der Waals surface area contributed by atoms with E-state index in [-0.39, 0.29) is 0 Å². The van der Waals surface area contributed by atoms with Gasteiger partial charge in [0.15, 0.2) is 0 Å². The summed E-state index contributed by atoms with van der Waals surface area (Å²) in [6.07, 6.45) is 1.98. The van der Waals surface area contributed by atoms with Gasteiger partial charge in [-0.15, -0.1) is 0 Å². The molecule has 5 rings (SSSR count). The minimum atomic E-state index is -0.802. The summed E-state index contributed by atoms with van der Waals surface area (Å²) in [5.74, 6) is 2.33. The lowest BCUT2D eigenvalue weighted by molar-refractivity contribution is 0.152. The Morgan fingerprint density at radius 1 is 1.00 bits per heavy atom. The zero-order valence-corrected chi connectivity index (χ0v) is 14.9. The second kappa shape index (κ2) is 5.14. The van der Waals surface area contributed by atoms with Crippen molar-refractivity contribution in [3.8, 4) is 17.3 Å². The highest BCUT2D eigenvalue weighted by Crippen LogP contribution is 2.50. The molecule has 2 aliphatic rings. The highest BCUT2D eigenvalue weighted by atomic mass is 16.5. The van der Waals surface area contributed by atoms with Crippen molar-refractivity contribution in [2.45, 2.75) is 26.5 Å². The molecule has 3 heterocycles. The topological polar surface area (TPSA) is 48.3 Å². The average Bonchev–Trinajstić information content (AvgIpc) is 3.15. The van der Waals surface area contributed by atoms with Crippen molar-refractivity contribution in [1.82, 2.24) is 9.78 Å². The average molecular weight is 345 g/mol. The van der Waals surface area contributed by atoms with Gasteiger partial charge >= 0.3 is 0 Å². The number of para-hydroxylation sites is 2. The number of fused-ring (bicyclic) bond motifs is 3. The Bertz CT molecular complexity index is 1050. The summed E-state index contributed by atoms with van der Waals surface area (Å²) in [6, 6.07) is 16.1. The molecule has 0 saturated heterocycles. The third-order valence-corrected chi connectivity index (χ3v) is 4.85. The Balaban J connectivity index is 1.71. The second-order valence-corrected chi connectivity index (χ2v) is 6.78. The Hall–Kier alpha value is -3.21. The van der Waals surface area contributed by atoms with E-state index in [4.69, 9.17) is 14.6 Å². The highest BCUT2D eigenvalue weighted by molar-refractivity contribution is 5.68. The fourth-order valence-electron chi connectivity index (χ4n) is 3.76. The molecule has 0 aliphatic carbocycles. The summed E-state index contributed by atoms with van der Waals surface area (Å²) >= 11 is 0. The van der Waals surface area contributed by atoms with Gasteiger partial charge in [0.1, 0.15) is 17.1 Å². The first kappa shape index (κ1) is 15.1. The van der Waals surface area contributed by atoms with Crippen LogP contribution in [-0.4, -0.2) is 9.78 Å². The van der Waals surface area contributed by atoms with Crippen molar-refractivity contribution in [3.63, 3.8) is 0 Å². The molecule has 0 saturated carbocycles. The van der Waals surface area contributed by atoms with Crippen LogP contribution in [-0.2, 0) is 5.72 Å². The van der Waals surface area contributed by atoms with Gasteiger partial charge in [-0.05, 0) is 44.5 Å². The van der Waals surface area contributed by atoms with E-state index < -0.39 is 5.72 Å². The largest absolute Gasteiger partial charge is 0.457 e. The smallest absolute Gasteiger partial charge is 0.237 e. The maximum absolute atomic E-state index is 6.47. The van der Waals surface area contributed by atoms with Gasteiger partial charge in [-0.25, -0.2) is 4.68 Å². The predicted molar refractivity (Wildman–Crippen MR) is 99.8 cm³/mol. The number of anilines is 1. The van der Waals surface area contributed by atoms with E-state index in [9.17, 15) is 0 Å². The monoisotopic (exact) mass is 345 g/mol. The molecule has 1 spiro atoms. The number of aromatic nitrogens is 2. The van der Waals surface area contributed by atoms with Gasteiger partial charge in [0, 0.05) is 6.08 Å². The van der Waals surface area contributed by atoms with Gasteiger partial charge in [-0.1, -0.05) is 30.3 Å². The van der Waals surface area contributed by atoms with Crippen molar-refractivity contribution in [2.24, 2.45) is 0 Å². The minimum absolute atomic E-state index is 0.687. The van der Waals surface area contributed by atoms with Gasteiger partial charge < -0.3 is 14.8 Å². The fourth-order valence-corrected chi connectivity index (χ4v) is 3.76. The minimum Gasteiger partial charge on any atom is -0.457 e. The lowest BCUT2D eigenvalue weighted by atomic mass is 10.0. The molecule has 5 nitrogen and oxygen atoms in total. The van der Waals surface area contributed by atoms with Crippen LogP contribution in [0.4, 0.5) is 5.69 Å². The number of nitrogens with zero attached hydrogens (tertiary/aromatic N) is 2. The standard InChI is InChI=1S/C21H19N3O2/c1-13-8-7-11-17-19(13)26-21(22-17)12-14(2)25-20-18(21)15(3)23-24(20)16-9-5-4-6-10-16/h4-12,22H,1-3H3/t21-/m1/s1. The van der Waals surface area contributed by atoms with Crippen LogP contribution in [0.5, 0.6) is 11.6 Å². The molecule has 1 N–H and O–H groups in total. The molecule has 0 amide bonds. The molecule has 5 heteroatoms. The SMILES string of the molecule is CC1=C[C@]2(Nc3cccc(C)c3O2)c2c(C)nn(-c3ccccc3)c2O1. The van der Waals surface area contributed by atoms with E-state index in [1.54, 1.807) is 0 Å². The van der Waals surface area contributed by atoms with Crippen molar-refractivity contribution < 1.29 is 9.47 Å². The van der Waals surface area contributed by atoms with E-state index in [1.807, 2.05) is 67.1 Å². The number of allylic oxidation sites excluding steroid dienone is 1. The van der Waals surface area contributed by atoms with Crippen LogP contribution >= 0.6 is 0 Å². The van der Waals surface area contributed by atoms with Crippen LogP contribution in [0.2, 0.25) is 0 Å². The van der Waals surface area contributed by atoms with Gasteiger partial charge in [-0.3, -0.25) is 0 Å². The van der Waals surface area contributed by atoms with E-state index in [2.05, 4.69) is 18.3 Å². The molecule has 0 bridgehead atoms. The Kier molecular flexibility index (Phi) is 2.98. The molecular weight excluding hydrogens is 326 g/mol. The lowest BCUT2D eigenvalue weighted by Gasteiger charge is -2.31.